The molecule has 0 aliphatic rings. The first-order chi connectivity index (χ1) is 9.60. The molecule has 6 nitrogen and oxygen atoms in total. The van der Waals surface area contributed by atoms with Gasteiger partial charge in [-0.25, -0.2) is 0 Å². The lowest BCUT2D eigenvalue weighted by atomic mass is 10.2. The molecule has 0 atom stereocenters. The molecule has 0 fully saturated rings. The maximum atomic E-state index is 11.8. The highest BCUT2D eigenvalue weighted by atomic mass is 16.5. The average Bonchev–Trinajstić information content (AvgIpc) is 2.77. The van der Waals surface area contributed by atoms with E-state index in [1.54, 1.807) is 12.1 Å². The van der Waals surface area contributed by atoms with Crippen LogP contribution in [0.3, 0.4) is 0 Å². The summed E-state index contributed by atoms with van der Waals surface area (Å²) in [7, 11) is 0. The molecular weight excluding hydrogens is 256 g/mol. The van der Waals surface area contributed by atoms with Crippen molar-refractivity contribution in [2.75, 3.05) is 11.9 Å². The smallest absolute Gasteiger partial charge is 0.262 e. The van der Waals surface area contributed by atoms with Crippen molar-refractivity contribution in [2.45, 2.75) is 20.4 Å². The van der Waals surface area contributed by atoms with Crippen molar-refractivity contribution in [3.05, 3.63) is 41.2 Å². The molecule has 1 aromatic heterocycles. The quantitative estimate of drug-likeness (QED) is 0.770. The molecule has 1 heterocycles. The fraction of sp³-hybridized carbons (Fsp3) is 0.286. The molecule has 0 aliphatic carbocycles. The molecule has 1 aromatic carbocycles. The summed E-state index contributed by atoms with van der Waals surface area (Å²) in [4.78, 5) is 11.8. The Morgan fingerprint density at radius 3 is 2.60 bits per heavy atom. The van der Waals surface area contributed by atoms with Gasteiger partial charge >= 0.3 is 0 Å². The number of nitrogens with zero attached hydrogens (tertiary/aromatic N) is 1. The topological polar surface area (TPSA) is 93.0 Å². The molecule has 0 aliphatic heterocycles. The van der Waals surface area contributed by atoms with Crippen LogP contribution >= 0.6 is 0 Å². The van der Waals surface area contributed by atoms with E-state index in [-0.39, 0.29) is 12.5 Å². The molecule has 106 valence electrons. The van der Waals surface area contributed by atoms with Gasteiger partial charge in [0.25, 0.3) is 5.91 Å². The number of aromatic amines is 1. The maximum absolute atomic E-state index is 11.8. The molecule has 4 N–H and O–H groups in total. The van der Waals surface area contributed by atoms with Crippen LogP contribution in [0, 0.1) is 13.8 Å². The number of anilines is 1. The highest BCUT2D eigenvalue weighted by Crippen LogP contribution is 2.16. The lowest BCUT2D eigenvalue weighted by Gasteiger charge is -2.08. The summed E-state index contributed by atoms with van der Waals surface area (Å²) in [6.07, 6.45) is 0. The van der Waals surface area contributed by atoms with E-state index in [4.69, 9.17) is 10.5 Å². The first kappa shape index (κ1) is 14.1. The van der Waals surface area contributed by atoms with Crippen molar-refractivity contribution in [3.63, 3.8) is 0 Å². The van der Waals surface area contributed by atoms with Gasteiger partial charge in [-0.1, -0.05) is 12.1 Å². The largest absolute Gasteiger partial charge is 0.484 e. The van der Waals surface area contributed by atoms with Crippen molar-refractivity contribution >= 4 is 11.6 Å². The van der Waals surface area contributed by atoms with Gasteiger partial charge in [-0.3, -0.25) is 9.89 Å². The van der Waals surface area contributed by atoms with E-state index < -0.39 is 0 Å². The Labute approximate surface area is 117 Å². The lowest BCUT2D eigenvalue weighted by molar-refractivity contribution is -0.118. The predicted molar refractivity (Wildman–Crippen MR) is 76.5 cm³/mol. The van der Waals surface area contributed by atoms with Crippen LogP contribution in [0.5, 0.6) is 5.75 Å². The van der Waals surface area contributed by atoms with Crippen LogP contribution < -0.4 is 15.8 Å². The van der Waals surface area contributed by atoms with E-state index in [0.29, 0.717) is 18.0 Å². The second-order valence-corrected chi connectivity index (χ2v) is 4.49. The van der Waals surface area contributed by atoms with Crippen molar-refractivity contribution in [2.24, 2.45) is 5.73 Å². The Kier molecular flexibility index (Phi) is 4.37. The Morgan fingerprint density at radius 1 is 1.35 bits per heavy atom. The van der Waals surface area contributed by atoms with Crippen LogP contribution in [-0.4, -0.2) is 22.7 Å². The fourth-order valence-electron chi connectivity index (χ4n) is 1.78. The fourth-order valence-corrected chi connectivity index (χ4v) is 1.78. The van der Waals surface area contributed by atoms with Gasteiger partial charge in [0, 0.05) is 6.54 Å². The number of hydrogen-bond donors (Lipinski definition) is 3. The van der Waals surface area contributed by atoms with E-state index >= 15 is 0 Å². The van der Waals surface area contributed by atoms with Crippen molar-refractivity contribution in [1.82, 2.24) is 10.2 Å². The molecule has 0 bridgehead atoms. The minimum absolute atomic E-state index is 0.0496. The Hall–Kier alpha value is -2.34. The van der Waals surface area contributed by atoms with Crippen LogP contribution in [0.1, 0.15) is 17.0 Å². The van der Waals surface area contributed by atoms with Crippen molar-refractivity contribution < 1.29 is 9.53 Å². The van der Waals surface area contributed by atoms with Crippen LogP contribution in [-0.2, 0) is 11.3 Å². The summed E-state index contributed by atoms with van der Waals surface area (Å²) in [5.74, 6) is 0.415. The number of aryl methyl sites for hydroxylation is 2. The normalized spacial score (nSPS) is 10.3. The number of benzene rings is 1. The summed E-state index contributed by atoms with van der Waals surface area (Å²) in [5, 5.41) is 9.60. The number of nitrogens with two attached hydrogens (primary N) is 1. The minimum Gasteiger partial charge on any atom is -0.484 e. The number of nitrogens with one attached hydrogen (secondary N) is 2. The number of carbonyl (C=O) groups excluding carboxylic acids is 1. The van der Waals surface area contributed by atoms with Gasteiger partial charge < -0.3 is 15.8 Å². The second-order valence-electron chi connectivity index (χ2n) is 4.49. The first-order valence-electron chi connectivity index (χ1n) is 6.33. The zero-order valence-corrected chi connectivity index (χ0v) is 11.6. The van der Waals surface area contributed by atoms with Crippen LogP contribution in [0.4, 0.5) is 5.69 Å². The Balaban J connectivity index is 1.89. The highest BCUT2D eigenvalue weighted by molar-refractivity contribution is 5.92. The first-order valence-corrected chi connectivity index (χ1v) is 6.33. The summed E-state index contributed by atoms with van der Waals surface area (Å²) >= 11 is 0. The van der Waals surface area contributed by atoms with Crippen LogP contribution in [0.15, 0.2) is 24.3 Å². The van der Waals surface area contributed by atoms with Gasteiger partial charge in [-0.2, -0.15) is 5.10 Å². The molecule has 2 aromatic rings. The highest BCUT2D eigenvalue weighted by Gasteiger charge is 2.10. The number of amides is 1. The molecular formula is C14H18N4O2. The summed E-state index contributed by atoms with van der Waals surface area (Å²) in [6, 6.07) is 7.34. The third-order valence-electron chi connectivity index (χ3n) is 2.92. The van der Waals surface area contributed by atoms with Gasteiger partial charge in [0.15, 0.2) is 6.61 Å². The van der Waals surface area contributed by atoms with Gasteiger partial charge in [0.2, 0.25) is 0 Å². The monoisotopic (exact) mass is 274 g/mol. The SMILES string of the molecule is Cc1n[nH]c(C)c1NC(=O)COc1ccc(CN)cc1. The lowest BCUT2D eigenvalue weighted by Crippen LogP contribution is -2.20. The van der Waals surface area contributed by atoms with E-state index in [1.165, 1.54) is 0 Å². The summed E-state index contributed by atoms with van der Waals surface area (Å²) < 4.78 is 5.41. The predicted octanol–water partition coefficient (Wildman–Crippen LogP) is 1.50. The maximum Gasteiger partial charge on any atom is 0.262 e. The number of hydrogen-bond acceptors (Lipinski definition) is 4. The third-order valence-corrected chi connectivity index (χ3v) is 2.92. The molecule has 0 spiro atoms. The summed E-state index contributed by atoms with van der Waals surface area (Å²) in [5.41, 5.74) is 8.81. The van der Waals surface area contributed by atoms with E-state index in [2.05, 4.69) is 15.5 Å². The Morgan fingerprint density at radius 2 is 2.05 bits per heavy atom. The number of ether oxygens (including phenoxy) is 1. The molecule has 6 heteroatoms. The van der Waals surface area contributed by atoms with Crippen molar-refractivity contribution in [3.8, 4) is 5.75 Å². The summed E-state index contributed by atoms with van der Waals surface area (Å²) in [6.45, 7) is 4.11. The van der Waals surface area contributed by atoms with Gasteiger partial charge in [0.1, 0.15) is 5.75 Å². The van der Waals surface area contributed by atoms with Crippen molar-refractivity contribution in [1.29, 1.82) is 0 Å². The third kappa shape index (κ3) is 3.36. The number of aromatic nitrogens is 2. The molecule has 0 radical (unpaired) electrons. The van der Waals surface area contributed by atoms with Gasteiger partial charge in [-0.15, -0.1) is 0 Å². The van der Waals surface area contributed by atoms with Gasteiger partial charge in [0.05, 0.1) is 17.1 Å². The van der Waals surface area contributed by atoms with Crippen LogP contribution in [0.25, 0.3) is 0 Å². The molecule has 0 saturated carbocycles. The molecule has 2 rings (SSSR count). The standard InChI is InChI=1S/C14H18N4O2/c1-9-14(10(2)18-17-9)16-13(19)8-20-12-5-3-11(7-15)4-6-12/h3-6H,7-8,15H2,1-2H3,(H,16,19)(H,17,18). The number of carbonyl (C=O) groups is 1. The molecule has 1 amide bonds. The Bertz CT molecular complexity index is 570. The number of rotatable bonds is 5. The van der Waals surface area contributed by atoms with E-state index in [0.717, 1.165) is 17.0 Å². The second kappa shape index (κ2) is 6.21. The molecule has 0 saturated heterocycles. The molecule has 20 heavy (non-hydrogen) atoms. The van der Waals surface area contributed by atoms with E-state index in [9.17, 15) is 4.79 Å². The zero-order valence-electron chi connectivity index (χ0n) is 11.6. The van der Waals surface area contributed by atoms with Crippen LogP contribution in [0.2, 0.25) is 0 Å². The van der Waals surface area contributed by atoms with Gasteiger partial charge in [-0.05, 0) is 31.5 Å². The molecule has 0 unspecified atom stereocenters. The minimum atomic E-state index is -0.222. The number of H-pyrrole nitrogens is 1. The zero-order chi connectivity index (χ0) is 14.5. The van der Waals surface area contributed by atoms with E-state index in [1.807, 2.05) is 26.0 Å². The average molecular weight is 274 g/mol.